The third-order valence-corrected chi connectivity index (χ3v) is 3.36. The quantitative estimate of drug-likeness (QED) is 0.768. The van der Waals surface area contributed by atoms with Crippen molar-refractivity contribution in [2.45, 2.75) is 25.4 Å². The Morgan fingerprint density at radius 3 is 2.80 bits per heavy atom. The Labute approximate surface area is 91.3 Å². The highest BCUT2D eigenvalue weighted by Crippen LogP contribution is 2.26. The molecule has 0 radical (unpaired) electrons. The molecular weight excluding hydrogens is 186 g/mol. The fraction of sp³-hybridized carbons (Fsp3) is 0.538. The highest BCUT2D eigenvalue weighted by atomic mass is 16.3. The van der Waals surface area contributed by atoms with Crippen LogP contribution >= 0.6 is 0 Å². The van der Waals surface area contributed by atoms with Gasteiger partial charge in [-0.25, -0.2) is 0 Å². The largest absolute Gasteiger partial charge is 0.389 e. The molecule has 0 amide bonds. The number of β-amino-alcohol motifs (C(OH)–C–C–N with tert-alkyl or cyclic N) is 1. The number of hydrogen-bond acceptors (Lipinski definition) is 2. The molecule has 1 heterocycles. The van der Waals surface area contributed by atoms with Crippen molar-refractivity contribution in [3.63, 3.8) is 0 Å². The first-order valence-corrected chi connectivity index (χ1v) is 5.65. The molecule has 2 rings (SSSR count). The van der Waals surface area contributed by atoms with Crippen molar-refractivity contribution in [2.24, 2.45) is 5.92 Å². The predicted octanol–water partition coefficient (Wildman–Crippen LogP) is 1.59. The van der Waals surface area contributed by atoms with Crippen LogP contribution in [0.3, 0.4) is 0 Å². The Balaban J connectivity index is 2.05. The van der Waals surface area contributed by atoms with Gasteiger partial charge in [0.25, 0.3) is 0 Å². The first-order valence-electron chi connectivity index (χ1n) is 5.65. The van der Waals surface area contributed by atoms with Gasteiger partial charge in [-0.05, 0) is 37.8 Å². The Kier molecular flexibility index (Phi) is 3.08. The molecule has 0 bridgehead atoms. The molecule has 0 spiro atoms. The van der Waals surface area contributed by atoms with Crippen molar-refractivity contribution in [1.29, 1.82) is 0 Å². The van der Waals surface area contributed by atoms with Gasteiger partial charge in [-0.3, -0.25) is 0 Å². The standard InChI is InChI=1S/C13H19NO/c1-13(15)10-14-8-7-12(13)9-11-5-3-2-4-6-11/h2-6,12,14-15H,7-10H2,1H3. The van der Waals surface area contributed by atoms with Crippen LogP contribution in [0.2, 0.25) is 0 Å². The fourth-order valence-electron chi connectivity index (χ4n) is 2.29. The molecule has 2 nitrogen and oxygen atoms in total. The van der Waals surface area contributed by atoms with Crippen LogP contribution in [0.15, 0.2) is 30.3 Å². The molecule has 1 aromatic carbocycles. The first-order chi connectivity index (χ1) is 7.18. The van der Waals surface area contributed by atoms with Gasteiger partial charge in [0.2, 0.25) is 0 Å². The minimum absolute atomic E-state index is 0.376. The minimum atomic E-state index is -0.561. The fourth-order valence-corrected chi connectivity index (χ4v) is 2.29. The minimum Gasteiger partial charge on any atom is -0.389 e. The average Bonchev–Trinajstić information content (AvgIpc) is 2.23. The van der Waals surface area contributed by atoms with E-state index in [1.807, 2.05) is 13.0 Å². The maximum Gasteiger partial charge on any atom is 0.0775 e. The van der Waals surface area contributed by atoms with Crippen molar-refractivity contribution in [3.8, 4) is 0 Å². The Morgan fingerprint density at radius 1 is 1.40 bits per heavy atom. The van der Waals surface area contributed by atoms with Crippen LogP contribution in [-0.4, -0.2) is 23.8 Å². The van der Waals surface area contributed by atoms with Crippen molar-refractivity contribution in [3.05, 3.63) is 35.9 Å². The molecule has 2 N–H and O–H groups in total. The first kappa shape index (κ1) is 10.7. The Hall–Kier alpha value is -0.860. The van der Waals surface area contributed by atoms with Gasteiger partial charge in [0.1, 0.15) is 0 Å². The summed E-state index contributed by atoms with van der Waals surface area (Å²) >= 11 is 0. The lowest BCUT2D eigenvalue weighted by Crippen LogP contribution is -2.50. The highest BCUT2D eigenvalue weighted by Gasteiger charge is 2.33. The van der Waals surface area contributed by atoms with Crippen molar-refractivity contribution >= 4 is 0 Å². The molecule has 1 saturated heterocycles. The molecule has 1 aromatic rings. The maximum atomic E-state index is 10.2. The van der Waals surface area contributed by atoms with Crippen LogP contribution in [0.1, 0.15) is 18.9 Å². The number of aliphatic hydroxyl groups is 1. The van der Waals surface area contributed by atoms with Crippen LogP contribution in [0.25, 0.3) is 0 Å². The molecule has 0 saturated carbocycles. The second kappa shape index (κ2) is 4.33. The van der Waals surface area contributed by atoms with E-state index in [1.54, 1.807) is 0 Å². The highest BCUT2D eigenvalue weighted by molar-refractivity contribution is 5.16. The number of hydrogen-bond donors (Lipinski definition) is 2. The summed E-state index contributed by atoms with van der Waals surface area (Å²) in [7, 11) is 0. The summed E-state index contributed by atoms with van der Waals surface area (Å²) in [6.45, 7) is 3.67. The summed E-state index contributed by atoms with van der Waals surface area (Å²) in [5, 5.41) is 13.5. The van der Waals surface area contributed by atoms with Crippen molar-refractivity contribution in [1.82, 2.24) is 5.32 Å². The molecule has 2 unspecified atom stereocenters. The molecule has 1 fully saturated rings. The SMILES string of the molecule is CC1(O)CNCCC1Cc1ccccc1. The number of rotatable bonds is 2. The Bertz CT molecular complexity index is 308. The number of nitrogens with one attached hydrogen (secondary N) is 1. The molecule has 1 aliphatic heterocycles. The molecule has 0 aromatic heterocycles. The van der Waals surface area contributed by atoms with Crippen molar-refractivity contribution in [2.75, 3.05) is 13.1 Å². The molecule has 2 atom stereocenters. The lowest BCUT2D eigenvalue weighted by atomic mass is 9.79. The summed E-state index contributed by atoms with van der Waals surface area (Å²) in [6.07, 6.45) is 2.04. The zero-order valence-electron chi connectivity index (χ0n) is 9.24. The third kappa shape index (κ3) is 2.58. The molecule has 1 aliphatic rings. The van der Waals surface area contributed by atoms with Gasteiger partial charge in [0, 0.05) is 6.54 Å². The lowest BCUT2D eigenvalue weighted by Gasteiger charge is -2.37. The van der Waals surface area contributed by atoms with E-state index in [0.717, 1.165) is 19.4 Å². The van der Waals surface area contributed by atoms with E-state index in [2.05, 4.69) is 29.6 Å². The molecule has 0 aliphatic carbocycles. The maximum absolute atomic E-state index is 10.2. The van der Waals surface area contributed by atoms with E-state index in [9.17, 15) is 5.11 Å². The van der Waals surface area contributed by atoms with E-state index in [0.29, 0.717) is 12.5 Å². The van der Waals surface area contributed by atoms with Gasteiger partial charge in [-0.15, -0.1) is 0 Å². The summed E-state index contributed by atoms with van der Waals surface area (Å²) in [5.74, 6) is 0.376. The summed E-state index contributed by atoms with van der Waals surface area (Å²) in [6, 6.07) is 10.4. The summed E-state index contributed by atoms with van der Waals surface area (Å²) < 4.78 is 0. The van der Waals surface area contributed by atoms with Gasteiger partial charge in [-0.1, -0.05) is 30.3 Å². The van der Waals surface area contributed by atoms with Gasteiger partial charge in [0.05, 0.1) is 5.60 Å². The Morgan fingerprint density at radius 2 is 2.13 bits per heavy atom. The van der Waals surface area contributed by atoms with E-state index in [1.165, 1.54) is 5.56 Å². The van der Waals surface area contributed by atoms with Crippen molar-refractivity contribution < 1.29 is 5.11 Å². The van der Waals surface area contributed by atoms with Crippen LogP contribution in [0, 0.1) is 5.92 Å². The second-order valence-corrected chi connectivity index (χ2v) is 4.71. The molecule has 82 valence electrons. The molecular formula is C13H19NO. The normalized spacial score (nSPS) is 31.5. The average molecular weight is 205 g/mol. The topological polar surface area (TPSA) is 32.3 Å². The van der Waals surface area contributed by atoms with Crippen LogP contribution in [0.4, 0.5) is 0 Å². The lowest BCUT2D eigenvalue weighted by molar-refractivity contribution is -0.0192. The van der Waals surface area contributed by atoms with E-state index >= 15 is 0 Å². The smallest absolute Gasteiger partial charge is 0.0775 e. The van der Waals surface area contributed by atoms with Crippen LogP contribution < -0.4 is 5.32 Å². The zero-order valence-corrected chi connectivity index (χ0v) is 9.24. The number of piperidine rings is 1. The molecule has 2 heteroatoms. The van der Waals surface area contributed by atoms with Gasteiger partial charge < -0.3 is 10.4 Å². The zero-order chi connectivity index (χ0) is 10.7. The predicted molar refractivity (Wildman–Crippen MR) is 61.7 cm³/mol. The molecule has 15 heavy (non-hydrogen) atoms. The number of benzene rings is 1. The monoisotopic (exact) mass is 205 g/mol. The van der Waals surface area contributed by atoms with E-state index in [4.69, 9.17) is 0 Å². The van der Waals surface area contributed by atoms with E-state index in [-0.39, 0.29) is 0 Å². The van der Waals surface area contributed by atoms with Crippen LogP contribution in [0.5, 0.6) is 0 Å². The van der Waals surface area contributed by atoms with Gasteiger partial charge in [-0.2, -0.15) is 0 Å². The van der Waals surface area contributed by atoms with Gasteiger partial charge >= 0.3 is 0 Å². The summed E-state index contributed by atoms with van der Waals surface area (Å²) in [5.41, 5.74) is 0.762. The van der Waals surface area contributed by atoms with E-state index < -0.39 is 5.60 Å². The second-order valence-electron chi connectivity index (χ2n) is 4.71. The third-order valence-electron chi connectivity index (χ3n) is 3.36. The van der Waals surface area contributed by atoms with Crippen LogP contribution in [-0.2, 0) is 6.42 Å². The summed E-state index contributed by atoms with van der Waals surface area (Å²) in [4.78, 5) is 0. The van der Waals surface area contributed by atoms with Gasteiger partial charge in [0.15, 0.2) is 0 Å².